The Morgan fingerprint density at radius 1 is 0.370 bits per heavy atom. The first kappa shape index (κ1) is 38.0. The van der Waals surface area contributed by atoms with Crippen molar-refractivity contribution >= 4 is 0 Å². The third-order valence-corrected chi connectivity index (χ3v) is 8.36. The van der Waals surface area contributed by atoms with Crippen molar-refractivity contribution < 1.29 is 104 Å². The van der Waals surface area contributed by atoms with E-state index in [2.05, 4.69) is 0 Å². The van der Waals surface area contributed by atoms with Gasteiger partial charge in [-0.2, -0.15) is 0 Å². The summed E-state index contributed by atoms with van der Waals surface area (Å²) in [6.07, 6.45) is -32.7. The van der Waals surface area contributed by atoms with E-state index in [1.807, 2.05) is 0 Å². The maximum atomic E-state index is 10.5. The van der Waals surface area contributed by atoms with Gasteiger partial charge in [-0.15, -0.1) is 0 Å². The third-order valence-electron chi connectivity index (χ3n) is 8.36. The second-order valence-corrected chi connectivity index (χ2v) is 11.5. The van der Waals surface area contributed by atoms with Crippen LogP contribution < -0.4 is 0 Å². The van der Waals surface area contributed by atoms with E-state index in [0.29, 0.717) is 0 Å². The molecule has 4 aliphatic rings. The lowest BCUT2D eigenvalue weighted by atomic mass is 9.98. The fourth-order valence-corrected chi connectivity index (χ4v) is 5.41. The maximum Gasteiger partial charge on any atom is 0.186 e. The van der Waals surface area contributed by atoms with Crippen molar-refractivity contribution in [1.82, 2.24) is 0 Å². The molecule has 0 amide bonds. The molecule has 4 aliphatic heterocycles. The summed E-state index contributed by atoms with van der Waals surface area (Å²) in [7, 11) is 1.19. The van der Waals surface area contributed by atoms with Gasteiger partial charge in [-0.1, -0.05) is 0 Å². The number of ether oxygens (including phenoxy) is 8. The standard InChI is InChI=1S/C25H44O21/c1-39-22-18(35)15(32)11(28)7(44-22)3-41-24-20(37)17(34)13(30)9(46-24)5-42-25-21(38)16(33)12(29)8(45-25)4-40-23-19(36)14(31)10(27)6(2-26)43-23/h6-38H,2-5H2,1H3/t6-,7-,8-,9-,10-,11-,12-,13-,14+,15+,16+,17+,18+,19-,20-,21-,22+,23-,24-,25-/m1/s1. The first-order chi connectivity index (χ1) is 21.7. The zero-order valence-corrected chi connectivity index (χ0v) is 24.5. The normalized spacial score (nSPS) is 52.0. The number of methoxy groups -OCH3 is 1. The molecule has 0 aromatic heterocycles. The zero-order chi connectivity index (χ0) is 34.0. The molecule has 0 aromatic carbocycles. The van der Waals surface area contributed by atoms with E-state index in [9.17, 15) is 66.4 Å². The highest BCUT2D eigenvalue weighted by Crippen LogP contribution is 2.29. The van der Waals surface area contributed by atoms with E-state index in [1.54, 1.807) is 0 Å². The molecular formula is C25H44O21. The minimum absolute atomic E-state index is 0.548. The van der Waals surface area contributed by atoms with Crippen LogP contribution in [0.15, 0.2) is 0 Å². The number of rotatable bonds is 11. The van der Waals surface area contributed by atoms with Gasteiger partial charge in [0.15, 0.2) is 25.2 Å². The molecule has 4 heterocycles. The van der Waals surface area contributed by atoms with Crippen LogP contribution in [0.1, 0.15) is 0 Å². The Morgan fingerprint density at radius 3 is 0.935 bits per heavy atom. The summed E-state index contributed by atoms with van der Waals surface area (Å²) in [5.74, 6) is 0. The van der Waals surface area contributed by atoms with E-state index in [0.717, 1.165) is 0 Å². The SMILES string of the molecule is CO[C@H]1O[C@H](CO[C@@H]2O[C@H](CO[C@@H]3O[C@H](CO[C@@H]4O[C@H](CO)[C@@H](O)[C@H](O)[C@H]4O)[C@@H](O)[C@H](O)[C@H]3O)[C@@H](O)[C@H](O)[C@H]2O)[C@@H](O)[C@H](O)[C@@H]1O. The van der Waals surface area contributed by atoms with Gasteiger partial charge in [-0.05, 0) is 0 Å². The summed E-state index contributed by atoms with van der Waals surface area (Å²) in [6.45, 7) is -2.55. The first-order valence-electron chi connectivity index (χ1n) is 14.5. The lowest BCUT2D eigenvalue weighted by molar-refractivity contribution is -0.347. The van der Waals surface area contributed by atoms with Crippen LogP contribution in [-0.2, 0) is 37.9 Å². The van der Waals surface area contributed by atoms with Crippen molar-refractivity contribution in [3.8, 4) is 0 Å². The van der Waals surface area contributed by atoms with Crippen molar-refractivity contribution in [2.45, 2.75) is 123 Å². The van der Waals surface area contributed by atoms with Crippen LogP contribution in [0.5, 0.6) is 0 Å². The minimum atomic E-state index is -1.87. The van der Waals surface area contributed by atoms with Gasteiger partial charge in [0.25, 0.3) is 0 Å². The Labute approximate surface area is 261 Å². The second kappa shape index (κ2) is 16.2. The predicted octanol–water partition coefficient (Wildman–Crippen LogP) is -9.09. The quantitative estimate of drug-likeness (QED) is 0.0963. The Morgan fingerprint density at radius 2 is 0.630 bits per heavy atom. The highest BCUT2D eigenvalue weighted by atomic mass is 16.8. The van der Waals surface area contributed by atoms with Gasteiger partial charge in [0.2, 0.25) is 0 Å². The van der Waals surface area contributed by atoms with Crippen LogP contribution in [-0.4, -0.2) is 223 Å². The van der Waals surface area contributed by atoms with Gasteiger partial charge >= 0.3 is 0 Å². The van der Waals surface area contributed by atoms with Crippen molar-refractivity contribution in [2.75, 3.05) is 33.5 Å². The lowest BCUT2D eigenvalue weighted by Crippen LogP contribution is -2.63. The van der Waals surface area contributed by atoms with Crippen molar-refractivity contribution in [2.24, 2.45) is 0 Å². The van der Waals surface area contributed by atoms with Gasteiger partial charge < -0.3 is 104 Å². The van der Waals surface area contributed by atoms with Crippen LogP contribution in [0.3, 0.4) is 0 Å². The van der Waals surface area contributed by atoms with Gasteiger partial charge in [-0.3, -0.25) is 0 Å². The summed E-state index contributed by atoms with van der Waals surface area (Å²) >= 11 is 0. The van der Waals surface area contributed by atoms with Crippen molar-refractivity contribution in [1.29, 1.82) is 0 Å². The van der Waals surface area contributed by atoms with Gasteiger partial charge in [0, 0.05) is 7.11 Å². The van der Waals surface area contributed by atoms with E-state index < -0.39 is 149 Å². The molecule has 46 heavy (non-hydrogen) atoms. The number of hydrogen-bond donors (Lipinski definition) is 13. The molecule has 4 fully saturated rings. The molecule has 21 heteroatoms. The van der Waals surface area contributed by atoms with Crippen LogP contribution in [0.4, 0.5) is 0 Å². The Balaban J connectivity index is 1.33. The minimum Gasteiger partial charge on any atom is -0.394 e. The van der Waals surface area contributed by atoms with Crippen molar-refractivity contribution in [3.63, 3.8) is 0 Å². The van der Waals surface area contributed by atoms with Gasteiger partial charge in [0.05, 0.1) is 26.4 Å². The maximum absolute atomic E-state index is 10.5. The molecule has 4 rings (SSSR count). The third kappa shape index (κ3) is 7.96. The summed E-state index contributed by atoms with van der Waals surface area (Å²) in [4.78, 5) is 0. The number of aliphatic hydroxyl groups is 13. The Hall–Kier alpha value is -0.840. The van der Waals surface area contributed by atoms with Gasteiger partial charge in [0.1, 0.15) is 97.7 Å². The zero-order valence-electron chi connectivity index (χ0n) is 24.5. The number of hydrogen-bond acceptors (Lipinski definition) is 21. The molecule has 21 nitrogen and oxygen atoms in total. The molecule has 0 unspecified atom stereocenters. The molecule has 0 bridgehead atoms. The molecule has 0 saturated carbocycles. The van der Waals surface area contributed by atoms with E-state index in [1.165, 1.54) is 7.11 Å². The number of aliphatic hydroxyl groups excluding tert-OH is 13. The van der Waals surface area contributed by atoms with E-state index in [-0.39, 0.29) is 0 Å². The molecule has 0 spiro atoms. The average molecular weight is 681 g/mol. The summed E-state index contributed by atoms with van der Waals surface area (Å²) in [5, 5.41) is 132. The Kier molecular flexibility index (Phi) is 13.4. The van der Waals surface area contributed by atoms with E-state index in [4.69, 9.17) is 37.9 Å². The first-order valence-corrected chi connectivity index (χ1v) is 14.5. The lowest BCUT2D eigenvalue weighted by Gasteiger charge is -2.44. The monoisotopic (exact) mass is 680 g/mol. The molecule has 20 atom stereocenters. The molecule has 0 aromatic rings. The predicted molar refractivity (Wildman–Crippen MR) is 139 cm³/mol. The van der Waals surface area contributed by atoms with Crippen LogP contribution in [0.25, 0.3) is 0 Å². The largest absolute Gasteiger partial charge is 0.394 e. The fraction of sp³-hybridized carbons (Fsp3) is 1.00. The van der Waals surface area contributed by atoms with Crippen LogP contribution >= 0.6 is 0 Å². The van der Waals surface area contributed by atoms with Crippen molar-refractivity contribution in [3.05, 3.63) is 0 Å². The summed E-state index contributed by atoms with van der Waals surface area (Å²) in [6, 6.07) is 0. The molecule has 0 radical (unpaired) electrons. The molecule has 13 N–H and O–H groups in total. The molecule has 270 valence electrons. The summed E-state index contributed by atoms with van der Waals surface area (Å²) in [5.41, 5.74) is 0. The van der Waals surface area contributed by atoms with Crippen LogP contribution in [0, 0.1) is 0 Å². The van der Waals surface area contributed by atoms with Crippen LogP contribution in [0.2, 0.25) is 0 Å². The Bertz CT molecular complexity index is 858. The average Bonchev–Trinajstić information content (AvgIpc) is 3.05. The van der Waals surface area contributed by atoms with Gasteiger partial charge in [-0.25, -0.2) is 0 Å². The molecular weight excluding hydrogens is 636 g/mol. The summed E-state index contributed by atoms with van der Waals surface area (Å²) < 4.78 is 42.8. The second-order valence-electron chi connectivity index (χ2n) is 11.5. The highest BCUT2D eigenvalue weighted by Gasteiger charge is 2.50. The molecule has 0 aliphatic carbocycles. The fourth-order valence-electron chi connectivity index (χ4n) is 5.41. The molecule has 4 saturated heterocycles. The smallest absolute Gasteiger partial charge is 0.186 e. The van der Waals surface area contributed by atoms with E-state index >= 15 is 0 Å². The topological polar surface area (TPSA) is 337 Å². The highest BCUT2D eigenvalue weighted by molar-refractivity contribution is 4.94.